The zero-order valence-electron chi connectivity index (χ0n) is 7.39. The van der Waals surface area contributed by atoms with E-state index >= 15 is 0 Å². The van der Waals surface area contributed by atoms with Crippen LogP contribution in [0.3, 0.4) is 0 Å². The maximum Gasteiger partial charge on any atom is 0.139 e. The second-order valence-corrected chi connectivity index (χ2v) is 3.17. The van der Waals surface area contributed by atoms with Gasteiger partial charge >= 0.3 is 0 Å². The molecule has 0 radical (unpaired) electrons. The SMILES string of the molecule is Bc1ccc(NC(C)C)cc1. The number of rotatable bonds is 2. The van der Waals surface area contributed by atoms with Crippen molar-refractivity contribution < 1.29 is 0 Å². The molecule has 0 aromatic heterocycles. The van der Waals surface area contributed by atoms with E-state index in [1.165, 1.54) is 11.2 Å². The lowest BCUT2D eigenvalue weighted by Crippen LogP contribution is -2.10. The summed E-state index contributed by atoms with van der Waals surface area (Å²) in [6.45, 7) is 4.28. The minimum atomic E-state index is 0.512. The van der Waals surface area contributed by atoms with Crippen molar-refractivity contribution in [2.24, 2.45) is 0 Å². The summed E-state index contributed by atoms with van der Waals surface area (Å²) < 4.78 is 0. The largest absolute Gasteiger partial charge is 0.383 e. The van der Waals surface area contributed by atoms with E-state index in [0.29, 0.717) is 6.04 Å². The van der Waals surface area contributed by atoms with Crippen molar-refractivity contribution >= 4 is 19.0 Å². The molecule has 1 N–H and O–H groups in total. The predicted molar refractivity (Wildman–Crippen MR) is 53.4 cm³/mol. The Hall–Kier alpha value is -0.915. The molecule has 1 rings (SSSR count). The zero-order valence-corrected chi connectivity index (χ0v) is 7.39. The van der Waals surface area contributed by atoms with Crippen LogP contribution >= 0.6 is 0 Å². The summed E-state index contributed by atoms with van der Waals surface area (Å²) in [5.74, 6) is 0. The standard InChI is InChI=1S/C9H14BN/c1-7(2)11-9-5-3-8(10)4-6-9/h3-7,11H,10H2,1-2H3. The lowest BCUT2D eigenvalue weighted by Gasteiger charge is -2.09. The van der Waals surface area contributed by atoms with E-state index in [9.17, 15) is 0 Å². The summed E-state index contributed by atoms with van der Waals surface area (Å²) in [4.78, 5) is 0. The lowest BCUT2D eigenvalue weighted by molar-refractivity contribution is 0.900. The highest BCUT2D eigenvalue weighted by Crippen LogP contribution is 2.04. The van der Waals surface area contributed by atoms with Crippen molar-refractivity contribution in [2.75, 3.05) is 5.32 Å². The summed E-state index contributed by atoms with van der Waals surface area (Å²) in [6, 6.07) is 8.96. The van der Waals surface area contributed by atoms with Gasteiger partial charge < -0.3 is 5.32 Å². The number of nitrogens with one attached hydrogen (secondary N) is 1. The van der Waals surface area contributed by atoms with Crippen LogP contribution in [0.2, 0.25) is 0 Å². The van der Waals surface area contributed by atoms with Gasteiger partial charge in [0.1, 0.15) is 7.85 Å². The Balaban J connectivity index is 2.66. The molecule has 0 atom stereocenters. The molecule has 0 saturated heterocycles. The molecule has 0 fully saturated rings. The minimum absolute atomic E-state index is 0.512. The van der Waals surface area contributed by atoms with Gasteiger partial charge in [-0.3, -0.25) is 0 Å². The van der Waals surface area contributed by atoms with Gasteiger partial charge in [0, 0.05) is 11.7 Å². The Kier molecular flexibility index (Phi) is 2.58. The molecule has 0 aliphatic heterocycles. The second-order valence-electron chi connectivity index (χ2n) is 3.17. The molecule has 58 valence electrons. The van der Waals surface area contributed by atoms with Crippen molar-refractivity contribution in [1.29, 1.82) is 0 Å². The van der Waals surface area contributed by atoms with E-state index in [2.05, 4.69) is 51.3 Å². The van der Waals surface area contributed by atoms with Gasteiger partial charge in [-0.2, -0.15) is 0 Å². The lowest BCUT2D eigenvalue weighted by atomic mass is 9.96. The van der Waals surface area contributed by atoms with Crippen molar-refractivity contribution in [1.82, 2.24) is 0 Å². The molecular formula is C9H14BN. The molecule has 0 amide bonds. The molecule has 0 saturated carbocycles. The van der Waals surface area contributed by atoms with Crippen molar-refractivity contribution in [2.45, 2.75) is 19.9 Å². The Bertz CT molecular complexity index is 216. The Morgan fingerprint density at radius 3 is 2.18 bits per heavy atom. The number of hydrogen-bond acceptors (Lipinski definition) is 1. The third-order valence-corrected chi connectivity index (χ3v) is 1.51. The minimum Gasteiger partial charge on any atom is -0.383 e. The molecule has 1 aromatic carbocycles. The van der Waals surface area contributed by atoms with E-state index in [0.717, 1.165) is 0 Å². The molecule has 1 aromatic rings. The Labute approximate surface area is 69.2 Å². The van der Waals surface area contributed by atoms with Gasteiger partial charge in [-0.05, 0) is 26.0 Å². The van der Waals surface area contributed by atoms with Crippen molar-refractivity contribution in [3.8, 4) is 0 Å². The van der Waals surface area contributed by atoms with Crippen LogP contribution in [0.25, 0.3) is 0 Å². The zero-order chi connectivity index (χ0) is 8.27. The van der Waals surface area contributed by atoms with Crippen LogP contribution in [0.15, 0.2) is 24.3 Å². The van der Waals surface area contributed by atoms with E-state index < -0.39 is 0 Å². The summed E-state index contributed by atoms with van der Waals surface area (Å²) in [5.41, 5.74) is 2.50. The first-order valence-electron chi connectivity index (χ1n) is 4.01. The summed E-state index contributed by atoms with van der Waals surface area (Å²) in [7, 11) is 2.10. The van der Waals surface area contributed by atoms with Crippen molar-refractivity contribution in [3.63, 3.8) is 0 Å². The summed E-state index contributed by atoms with van der Waals surface area (Å²) in [5, 5.41) is 3.33. The molecule has 0 aliphatic carbocycles. The highest BCUT2D eigenvalue weighted by atomic mass is 14.9. The third-order valence-electron chi connectivity index (χ3n) is 1.51. The van der Waals surface area contributed by atoms with Crippen LogP contribution in [0, 0.1) is 0 Å². The van der Waals surface area contributed by atoms with E-state index in [4.69, 9.17) is 0 Å². The molecule has 0 aliphatic rings. The fourth-order valence-electron chi connectivity index (χ4n) is 0.983. The highest BCUT2D eigenvalue weighted by Gasteiger charge is 1.92. The molecule has 0 heterocycles. The first-order chi connectivity index (χ1) is 5.18. The monoisotopic (exact) mass is 147 g/mol. The number of hydrogen-bond donors (Lipinski definition) is 1. The third kappa shape index (κ3) is 2.66. The van der Waals surface area contributed by atoms with Crippen LogP contribution in [-0.2, 0) is 0 Å². The van der Waals surface area contributed by atoms with Gasteiger partial charge in [0.2, 0.25) is 0 Å². The van der Waals surface area contributed by atoms with E-state index in [1.807, 2.05) is 0 Å². The molecule has 2 heteroatoms. The number of benzene rings is 1. The summed E-state index contributed by atoms with van der Waals surface area (Å²) in [6.07, 6.45) is 0. The normalized spacial score (nSPS) is 10.1. The first-order valence-corrected chi connectivity index (χ1v) is 4.01. The number of anilines is 1. The Morgan fingerprint density at radius 1 is 1.18 bits per heavy atom. The average molecular weight is 147 g/mol. The Morgan fingerprint density at radius 2 is 1.73 bits per heavy atom. The quantitative estimate of drug-likeness (QED) is 0.609. The molecular weight excluding hydrogens is 133 g/mol. The van der Waals surface area contributed by atoms with Crippen molar-refractivity contribution in [3.05, 3.63) is 24.3 Å². The maximum atomic E-state index is 3.33. The topological polar surface area (TPSA) is 12.0 Å². The molecule has 11 heavy (non-hydrogen) atoms. The summed E-state index contributed by atoms with van der Waals surface area (Å²) >= 11 is 0. The van der Waals surface area contributed by atoms with Gasteiger partial charge in [0.15, 0.2) is 0 Å². The van der Waals surface area contributed by atoms with Crippen LogP contribution in [0.1, 0.15) is 13.8 Å². The van der Waals surface area contributed by atoms with Gasteiger partial charge in [0.25, 0.3) is 0 Å². The average Bonchev–Trinajstić information content (AvgIpc) is 1.93. The van der Waals surface area contributed by atoms with Crippen LogP contribution in [-0.4, -0.2) is 13.9 Å². The highest BCUT2D eigenvalue weighted by molar-refractivity contribution is 6.32. The van der Waals surface area contributed by atoms with E-state index in [1.54, 1.807) is 0 Å². The van der Waals surface area contributed by atoms with Gasteiger partial charge in [-0.15, -0.1) is 0 Å². The van der Waals surface area contributed by atoms with Crippen LogP contribution < -0.4 is 10.8 Å². The fourth-order valence-corrected chi connectivity index (χ4v) is 0.983. The predicted octanol–water partition coefficient (Wildman–Crippen LogP) is 0.765. The molecule has 1 nitrogen and oxygen atoms in total. The fraction of sp³-hybridized carbons (Fsp3) is 0.333. The smallest absolute Gasteiger partial charge is 0.139 e. The van der Waals surface area contributed by atoms with Gasteiger partial charge in [-0.1, -0.05) is 17.6 Å². The first kappa shape index (κ1) is 8.18. The maximum absolute atomic E-state index is 3.33. The molecule has 0 bridgehead atoms. The molecule has 0 unspecified atom stereocenters. The van der Waals surface area contributed by atoms with Crippen LogP contribution in [0.5, 0.6) is 0 Å². The molecule has 0 spiro atoms. The second kappa shape index (κ2) is 3.47. The van der Waals surface area contributed by atoms with E-state index in [-0.39, 0.29) is 0 Å². The van der Waals surface area contributed by atoms with Gasteiger partial charge in [0.05, 0.1) is 0 Å². The van der Waals surface area contributed by atoms with Gasteiger partial charge in [-0.25, -0.2) is 0 Å². The van der Waals surface area contributed by atoms with Crippen LogP contribution in [0.4, 0.5) is 5.69 Å².